The summed E-state index contributed by atoms with van der Waals surface area (Å²) in [5, 5.41) is 17.7. The van der Waals surface area contributed by atoms with Crippen molar-refractivity contribution in [1.82, 2.24) is 4.90 Å². The average molecular weight is 266 g/mol. The van der Waals surface area contributed by atoms with Crippen molar-refractivity contribution in [2.75, 3.05) is 26.3 Å². The fourth-order valence-electron chi connectivity index (χ4n) is 1.91. The summed E-state index contributed by atoms with van der Waals surface area (Å²) in [5.74, 6) is -0.0884. The first kappa shape index (κ1) is 15.6. The summed E-state index contributed by atoms with van der Waals surface area (Å²) in [6.45, 7) is 0.299. The SMILES string of the molecule is NC(CCC(=O)N(CCO)CCO)c1ccccc1. The van der Waals surface area contributed by atoms with E-state index >= 15 is 0 Å². The van der Waals surface area contributed by atoms with Gasteiger partial charge >= 0.3 is 0 Å². The van der Waals surface area contributed by atoms with E-state index in [0.717, 1.165) is 5.56 Å². The number of rotatable bonds is 8. The van der Waals surface area contributed by atoms with Crippen LogP contribution in [0, 0.1) is 0 Å². The van der Waals surface area contributed by atoms with E-state index in [-0.39, 0.29) is 38.3 Å². The third-order valence-corrected chi connectivity index (χ3v) is 2.99. The maximum Gasteiger partial charge on any atom is 0.222 e. The molecule has 4 N–H and O–H groups in total. The van der Waals surface area contributed by atoms with Gasteiger partial charge < -0.3 is 20.8 Å². The number of hydrogen-bond acceptors (Lipinski definition) is 4. The van der Waals surface area contributed by atoms with E-state index in [9.17, 15) is 4.79 Å². The van der Waals surface area contributed by atoms with Crippen LogP contribution in [-0.2, 0) is 4.79 Å². The first-order valence-electron chi connectivity index (χ1n) is 6.49. The molecule has 5 nitrogen and oxygen atoms in total. The lowest BCUT2D eigenvalue weighted by molar-refractivity contribution is -0.132. The lowest BCUT2D eigenvalue weighted by Gasteiger charge is -2.21. The van der Waals surface area contributed by atoms with Crippen LogP contribution in [0.15, 0.2) is 30.3 Å². The van der Waals surface area contributed by atoms with Crippen LogP contribution in [0.25, 0.3) is 0 Å². The molecule has 0 aromatic heterocycles. The third-order valence-electron chi connectivity index (χ3n) is 2.99. The number of carbonyl (C=O) groups is 1. The Morgan fingerprint density at radius 1 is 1.16 bits per heavy atom. The highest BCUT2D eigenvalue weighted by Gasteiger charge is 2.14. The predicted molar refractivity (Wildman–Crippen MR) is 73.4 cm³/mol. The van der Waals surface area contributed by atoms with Gasteiger partial charge in [-0.15, -0.1) is 0 Å². The summed E-state index contributed by atoms with van der Waals surface area (Å²) in [6.07, 6.45) is 0.867. The second-order valence-electron chi connectivity index (χ2n) is 4.38. The summed E-state index contributed by atoms with van der Waals surface area (Å²) < 4.78 is 0. The van der Waals surface area contributed by atoms with E-state index in [1.165, 1.54) is 4.90 Å². The summed E-state index contributed by atoms with van der Waals surface area (Å²) in [7, 11) is 0. The summed E-state index contributed by atoms with van der Waals surface area (Å²) in [4.78, 5) is 13.4. The number of amides is 1. The maximum atomic E-state index is 11.9. The van der Waals surface area contributed by atoms with E-state index in [4.69, 9.17) is 15.9 Å². The number of hydrogen-bond donors (Lipinski definition) is 3. The molecule has 0 aliphatic carbocycles. The molecule has 0 saturated carbocycles. The standard InChI is InChI=1S/C14H22N2O3/c15-13(12-4-2-1-3-5-12)6-7-14(19)16(8-10-17)9-11-18/h1-5,13,17-18H,6-11,15H2. The first-order chi connectivity index (χ1) is 9.19. The molecule has 0 fully saturated rings. The fourth-order valence-corrected chi connectivity index (χ4v) is 1.91. The Morgan fingerprint density at radius 3 is 2.26 bits per heavy atom. The van der Waals surface area contributed by atoms with Crippen molar-refractivity contribution in [3.63, 3.8) is 0 Å². The van der Waals surface area contributed by atoms with Gasteiger partial charge in [-0.1, -0.05) is 30.3 Å². The first-order valence-corrected chi connectivity index (χ1v) is 6.49. The summed E-state index contributed by atoms with van der Waals surface area (Å²) in [5.41, 5.74) is 7.03. The average Bonchev–Trinajstić information content (AvgIpc) is 2.45. The molecule has 0 aliphatic heterocycles. The summed E-state index contributed by atoms with van der Waals surface area (Å²) >= 11 is 0. The van der Waals surface area contributed by atoms with Crippen LogP contribution in [0.3, 0.4) is 0 Å². The highest BCUT2D eigenvalue weighted by molar-refractivity contribution is 5.76. The van der Waals surface area contributed by atoms with E-state index in [0.29, 0.717) is 12.8 Å². The van der Waals surface area contributed by atoms with E-state index in [2.05, 4.69) is 0 Å². The quantitative estimate of drug-likeness (QED) is 0.631. The zero-order valence-electron chi connectivity index (χ0n) is 11.0. The molecule has 0 radical (unpaired) electrons. The highest BCUT2D eigenvalue weighted by Crippen LogP contribution is 2.15. The van der Waals surface area contributed by atoms with Crippen molar-refractivity contribution in [3.05, 3.63) is 35.9 Å². The molecule has 19 heavy (non-hydrogen) atoms. The number of nitrogens with two attached hydrogens (primary N) is 1. The van der Waals surface area contributed by atoms with Gasteiger partial charge in [-0.2, -0.15) is 0 Å². The zero-order chi connectivity index (χ0) is 14.1. The van der Waals surface area contributed by atoms with Crippen LogP contribution < -0.4 is 5.73 Å². The number of benzene rings is 1. The monoisotopic (exact) mass is 266 g/mol. The molecular weight excluding hydrogens is 244 g/mol. The minimum Gasteiger partial charge on any atom is -0.395 e. The minimum atomic E-state index is -0.171. The smallest absolute Gasteiger partial charge is 0.222 e. The Bertz CT molecular complexity index is 364. The van der Waals surface area contributed by atoms with Crippen molar-refractivity contribution < 1.29 is 15.0 Å². The fraction of sp³-hybridized carbons (Fsp3) is 0.500. The normalized spacial score (nSPS) is 12.2. The number of carbonyl (C=O) groups excluding carboxylic acids is 1. The molecule has 1 aromatic carbocycles. The molecule has 1 rings (SSSR count). The molecule has 1 aromatic rings. The van der Waals surface area contributed by atoms with Crippen LogP contribution in [0.4, 0.5) is 0 Å². The number of aliphatic hydroxyl groups is 2. The number of aliphatic hydroxyl groups excluding tert-OH is 2. The predicted octanol–water partition coefficient (Wildman–Crippen LogP) is 0.280. The van der Waals surface area contributed by atoms with Gasteiger partial charge in [0.05, 0.1) is 13.2 Å². The minimum absolute atomic E-state index is 0.0884. The van der Waals surface area contributed by atoms with Crippen molar-refractivity contribution in [3.8, 4) is 0 Å². The molecule has 5 heteroatoms. The molecule has 0 bridgehead atoms. The van der Waals surface area contributed by atoms with Gasteiger partial charge in [0.25, 0.3) is 0 Å². The van der Waals surface area contributed by atoms with Crippen LogP contribution in [0.1, 0.15) is 24.4 Å². The molecular formula is C14H22N2O3. The second kappa shape index (κ2) is 8.63. The van der Waals surface area contributed by atoms with Gasteiger partial charge in [-0.25, -0.2) is 0 Å². The molecule has 0 spiro atoms. The topological polar surface area (TPSA) is 86.8 Å². The Labute approximate surface area is 113 Å². The van der Waals surface area contributed by atoms with Gasteiger partial charge in [0.15, 0.2) is 0 Å². The lowest BCUT2D eigenvalue weighted by atomic mass is 10.0. The second-order valence-corrected chi connectivity index (χ2v) is 4.38. The van der Waals surface area contributed by atoms with Crippen molar-refractivity contribution >= 4 is 5.91 Å². The van der Waals surface area contributed by atoms with Crippen molar-refractivity contribution in [1.29, 1.82) is 0 Å². The Morgan fingerprint density at radius 2 is 1.74 bits per heavy atom. The van der Waals surface area contributed by atoms with Crippen LogP contribution in [0.2, 0.25) is 0 Å². The highest BCUT2D eigenvalue weighted by atomic mass is 16.3. The van der Waals surface area contributed by atoms with E-state index in [1.54, 1.807) is 0 Å². The number of nitrogens with zero attached hydrogens (tertiary/aromatic N) is 1. The van der Waals surface area contributed by atoms with Crippen LogP contribution in [-0.4, -0.2) is 47.3 Å². The van der Waals surface area contributed by atoms with E-state index < -0.39 is 0 Å². The Balaban J connectivity index is 2.44. The molecule has 1 unspecified atom stereocenters. The lowest BCUT2D eigenvalue weighted by Crippen LogP contribution is -2.36. The molecule has 1 amide bonds. The molecule has 0 saturated heterocycles. The van der Waals surface area contributed by atoms with Crippen molar-refractivity contribution in [2.24, 2.45) is 5.73 Å². The largest absolute Gasteiger partial charge is 0.395 e. The molecule has 1 atom stereocenters. The molecule has 0 aliphatic rings. The van der Waals surface area contributed by atoms with Crippen LogP contribution in [0.5, 0.6) is 0 Å². The molecule has 0 heterocycles. The molecule has 106 valence electrons. The third kappa shape index (κ3) is 5.38. The van der Waals surface area contributed by atoms with Crippen molar-refractivity contribution in [2.45, 2.75) is 18.9 Å². The summed E-state index contributed by atoms with van der Waals surface area (Å²) in [6, 6.07) is 9.46. The van der Waals surface area contributed by atoms with E-state index in [1.807, 2.05) is 30.3 Å². The van der Waals surface area contributed by atoms with Gasteiger partial charge in [0.2, 0.25) is 5.91 Å². The van der Waals surface area contributed by atoms with Gasteiger partial charge in [-0.05, 0) is 12.0 Å². The zero-order valence-corrected chi connectivity index (χ0v) is 11.0. The van der Waals surface area contributed by atoms with Gasteiger partial charge in [0, 0.05) is 25.6 Å². The van der Waals surface area contributed by atoms with Crippen LogP contribution >= 0.6 is 0 Å². The maximum absolute atomic E-state index is 11.9. The Hall–Kier alpha value is -1.43. The van der Waals surface area contributed by atoms with Gasteiger partial charge in [0.1, 0.15) is 0 Å². The van der Waals surface area contributed by atoms with Gasteiger partial charge in [-0.3, -0.25) is 4.79 Å². The Kier molecular flexibility index (Phi) is 7.10.